The molecule has 2 heteroatoms. The van der Waals surface area contributed by atoms with Gasteiger partial charge in [0.15, 0.2) is 0 Å². The predicted octanol–water partition coefficient (Wildman–Crippen LogP) is 6.41. The zero-order valence-electron chi connectivity index (χ0n) is 16.1. The van der Waals surface area contributed by atoms with E-state index in [0.29, 0.717) is 12.5 Å². The first-order chi connectivity index (χ1) is 12.3. The molecule has 25 heavy (non-hydrogen) atoms. The van der Waals surface area contributed by atoms with Crippen LogP contribution >= 0.6 is 0 Å². The number of rotatable bonds is 15. The molecule has 1 rings (SSSR count). The number of unbranched alkanes of at least 4 members (excludes halogenated alkanes) is 4. The highest BCUT2D eigenvalue weighted by Gasteiger charge is 2.22. The van der Waals surface area contributed by atoms with Gasteiger partial charge < -0.3 is 5.32 Å². The smallest absolute Gasteiger partial charge is 0.220 e. The number of hydrogen-bond acceptors (Lipinski definition) is 1. The maximum Gasteiger partial charge on any atom is 0.220 e. The van der Waals surface area contributed by atoms with Gasteiger partial charge in [-0.25, -0.2) is 0 Å². The lowest BCUT2D eigenvalue weighted by molar-refractivity contribution is -0.121. The number of carbonyl (C=O) groups is 1. The lowest BCUT2D eigenvalue weighted by Crippen LogP contribution is -2.24. The maximum atomic E-state index is 11.5. The molecule has 0 aliphatic heterocycles. The van der Waals surface area contributed by atoms with E-state index in [2.05, 4.69) is 60.8 Å². The summed E-state index contributed by atoms with van der Waals surface area (Å²) in [7, 11) is 0. The van der Waals surface area contributed by atoms with Crippen LogP contribution in [0.4, 0.5) is 0 Å². The minimum atomic E-state index is 0.221. The van der Waals surface area contributed by atoms with Crippen LogP contribution in [0.3, 0.4) is 0 Å². The first-order valence-electron chi connectivity index (χ1n) is 10.2. The topological polar surface area (TPSA) is 29.1 Å². The van der Waals surface area contributed by atoms with Gasteiger partial charge in [0.25, 0.3) is 0 Å². The fraction of sp³-hybridized carbons (Fsp3) is 0.609. The van der Waals surface area contributed by atoms with Crippen LogP contribution in [0.5, 0.6) is 0 Å². The normalized spacial score (nSPS) is 15.2. The molecule has 2 nitrogen and oxygen atoms in total. The average Bonchev–Trinajstić information content (AvgIpc) is 3.41. The van der Waals surface area contributed by atoms with Crippen molar-refractivity contribution in [2.45, 2.75) is 90.0 Å². The summed E-state index contributed by atoms with van der Waals surface area (Å²) in [6, 6.07) is 0.490. The number of allylic oxidation sites excluding steroid dienone is 8. The van der Waals surface area contributed by atoms with Crippen LogP contribution in [0.1, 0.15) is 84.0 Å². The largest absolute Gasteiger partial charge is 0.353 e. The molecule has 0 saturated heterocycles. The molecule has 1 amide bonds. The number of amides is 1. The summed E-state index contributed by atoms with van der Waals surface area (Å²) in [5, 5.41) is 3.02. The second-order valence-corrected chi connectivity index (χ2v) is 6.82. The first kappa shape index (κ1) is 21.5. The van der Waals surface area contributed by atoms with Gasteiger partial charge in [-0.15, -0.1) is 0 Å². The monoisotopic (exact) mass is 343 g/mol. The summed E-state index contributed by atoms with van der Waals surface area (Å²) in [6.45, 7) is 2.24. The highest BCUT2D eigenvalue weighted by atomic mass is 16.1. The van der Waals surface area contributed by atoms with Gasteiger partial charge in [-0.05, 0) is 57.8 Å². The Hall–Kier alpha value is -1.57. The van der Waals surface area contributed by atoms with E-state index >= 15 is 0 Å². The third-order valence-corrected chi connectivity index (χ3v) is 4.17. The van der Waals surface area contributed by atoms with Crippen molar-refractivity contribution >= 4 is 5.91 Å². The van der Waals surface area contributed by atoms with Crippen molar-refractivity contribution < 1.29 is 4.79 Å². The third-order valence-electron chi connectivity index (χ3n) is 4.17. The second-order valence-electron chi connectivity index (χ2n) is 6.82. The molecule has 0 atom stereocenters. The molecule has 1 saturated carbocycles. The van der Waals surface area contributed by atoms with Gasteiger partial charge in [0, 0.05) is 12.5 Å². The van der Waals surface area contributed by atoms with Gasteiger partial charge in [0.2, 0.25) is 5.91 Å². The van der Waals surface area contributed by atoms with E-state index in [1.807, 2.05) is 0 Å². The standard InChI is InChI=1S/C23H37NO/c1-2-3-4-5-6-7-8-9-10-11-12-13-14-15-16-17-18-19-23(25)24-22-20-21-22/h6-7,9-10,12-13,15-16,22H,2-5,8,11,14,17-21H2,1H3,(H,24,25)/b7-6+,10-9+,13-12+,16-15-. The van der Waals surface area contributed by atoms with Gasteiger partial charge in [-0.1, -0.05) is 68.4 Å². The van der Waals surface area contributed by atoms with Crippen LogP contribution in [-0.4, -0.2) is 11.9 Å². The summed E-state index contributed by atoms with van der Waals surface area (Å²) >= 11 is 0. The number of carbonyl (C=O) groups excluding carboxylic acids is 1. The van der Waals surface area contributed by atoms with E-state index in [9.17, 15) is 4.79 Å². The zero-order chi connectivity index (χ0) is 18.0. The second kappa shape index (κ2) is 15.9. The molecule has 0 radical (unpaired) electrons. The van der Waals surface area contributed by atoms with Gasteiger partial charge in [0.05, 0.1) is 0 Å². The first-order valence-corrected chi connectivity index (χ1v) is 10.2. The molecular weight excluding hydrogens is 306 g/mol. The van der Waals surface area contributed by atoms with Crippen molar-refractivity contribution in [3.8, 4) is 0 Å². The van der Waals surface area contributed by atoms with Crippen LogP contribution in [0.2, 0.25) is 0 Å². The number of nitrogens with one attached hydrogen (secondary N) is 1. The fourth-order valence-electron chi connectivity index (χ4n) is 2.47. The van der Waals surface area contributed by atoms with Gasteiger partial charge in [-0.2, -0.15) is 0 Å². The number of hydrogen-bond donors (Lipinski definition) is 1. The minimum Gasteiger partial charge on any atom is -0.353 e. The van der Waals surface area contributed by atoms with Crippen LogP contribution in [-0.2, 0) is 4.79 Å². The summed E-state index contributed by atoms with van der Waals surface area (Å²) in [6.07, 6.45) is 31.0. The zero-order valence-corrected chi connectivity index (χ0v) is 16.1. The Morgan fingerprint density at radius 2 is 1.32 bits per heavy atom. The van der Waals surface area contributed by atoms with E-state index in [-0.39, 0.29) is 5.91 Å². The van der Waals surface area contributed by atoms with Crippen molar-refractivity contribution in [2.24, 2.45) is 0 Å². The molecule has 1 aliphatic rings. The molecule has 0 aromatic carbocycles. The van der Waals surface area contributed by atoms with Crippen molar-refractivity contribution in [2.75, 3.05) is 0 Å². The minimum absolute atomic E-state index is 0.221. The Balaban J connectivity index is 1.86. The Bertz CT molecular complexity index is 441. The molecule has 0 bridgehead atoms. The molecular formula is C23H37NO. The summed E-state index contributed by atoms with van der Waals surface area (Å²) in [5.74, 6) is 0.221. The Morgan fingerprint density at radius 3 is 1.84 bits per heavy atom. The van der Waals surface area contributed by atoms with Crippen molar-refractivity contribution in [1.29, 1.82) is 0 Å². The lowest BCUT2D eigenvalue weighted by Gasteiger charge is -2.00. The van der Waals surface area contributed by atoms with Crippen LogP contribution in [0.15, 0.2) is 48.6 Å². The Labute approximate surface area is 155 Å². The summed E-state index contributed by atoms with van der Waals surface area (Å²) in [4.78, 5) is 11.5. The fourth-order valence-corrected chi connectivity index (χ4v) is 2.47. The maximum absolute atomic E-state index is 11.5. The third kappa shape index (κ3) is 15.7. The van der Waals surface area contributed by atoms with Crippen LogP contribution in [0, 0.1) is 0 Å². The molecule has 0 aromatic heterocycles. The molecule has 0 aromatic rings. The molecule has 1 aliphatic carbocycles. The highest BCUT2D eigenvalue weighted by molar-refractivity contribution is 5.76. The molecule has 1 fully saturated rings. The van der Waals surface area contributed by atoms with E-state index in [1.165, 1.54) is 38.5 Å². The molecule has 0 spiro atoms. The Kier molecular flexibility index (Phi) is 13.7. The molecule has 0 heterocycles. The van der Waals surface area contributed by atoms with Crippen molar-refractivity contribution in [3.63, 3.8) is 0 Å². The molecule has 0 unspecified atom stereocenters. The average molecular weight is 344 g/mol. The van der Waals surface area contributed by atoms with Crippen LogP contribution < -0.4 is 5.32 Å². The van der Waals surface area contributed by atoms with E-state index in [0.717, 1.165) is 32.1 Å². The SMILES string of the molecule is CCCCC/C=C/C/C=C/C/C=C/C/C=C\CCCC(=O)NC1CC1. The summed E-state index contributed by atoms with van der Waals surface area (Å²) in [5.41, 5.74) is 0. The molecule has 140 valence electrons. The van der Waals surface area contributed by atoms with E-state index in [4.69, 9.17) is 0 Å². The predicted molar refractivity (Wildman–Crippen MR) is 110 cm³/mol. The summed E-state index contributed by atoms with van der Waals surface area (Å²) < 4.78 is 0. The van der Waals surface area contributed by atoms with Gasteiger partial charge in [-0.3, -0.25) is 4.79 Å². The van der Waals surface area contributed by atoms with E-state index < -0.39 is 0 Å². The quantitative estimate of drug-likeness (QED) is 0.270. The highest BCUT2D eigenvalue weighted by Crippen LogP contribution is 2.18. The van der Waals surface area contributed by atoms with Gasteiger partial charge >= 0.3 is 0 Å². The lowest BCUT2D eigenvalue weighted by atomic mass is 10.2. The van der Waals surface area contributed by atoms with Crippen molar-refractivity contribution in [1.82, 2.24) is 5.32 Å². The Morgan fingerprint density at radius 1 is 0.800 bits per heavy atom. The van der Waals surface area contributed by atoms with Crippen LogP contribution in [0.25, 0.3) is 0 Å². The van der Waals surface area contributed by atoms with E-state index in [1.54, 1.807) is 0 Å². The van der Waals surface area contributed by atoms with Crippen molar-refractivity contribution in [3.05, 3.63) is 48.6 Å². The molecule has 1 N–H and O–H groups in total. The van der Waals surface area contributed by atoms with Gasteiger partial charge in [0.1, 0.15) is 0 Å².